The molecule has 0 saturated carbocycles. The highest BCUT2D eigenvalue weighted by molar-refractivity contribution is 5.85. The van der Waals surface area contributed by atoms with E-state index >= 15 is 0 Å². The van der Waals surface area contributed by atoms with E-state index in [1.807, 2.05) is 12.1 Å². The summed E-state index contributed by atoms with van der Waals surface area (Å²) in [6.07, 6.45) is 0. The second-order valence-electron chi connectivity index (χ2n) is 2.72. The maximum Gasteiger partial charge on any atom is -0.0154 e. The highest BCUT2D eigenvalue weighted by atomic mass is 14.0. The first-order chi connectivity index (χ1) is 5.38. The molecule has 0 fully saturated rings. The molecule has 0 N–H and O–H groups in total. The lowest BCUT2D eigenvalue weighted by Gasteiger charge is -1.98. The Labute approximate surface area is 66.5 Å². The van der Waals surface area contributed by atoms with Crippen LogP contribution in [-0.2, 0) is 0 Å². The van der Waals surface area contributed by atoms with E-state index in [-0.39, 0.29) is 0 Å². The second-order valence-corrected chi connectivity index (χ2v) is 2.72. The Balaban J connectivity index is 2.91. The largest absolute Gasteiger partial charge is 0.0614 e. The summed E-state index contributed by atoms with van der Waals surface area (Å²) in [6, 6.07) is 15.4. The lowest BCUT2D eigenvalue weighted by molar-refractivity contribution is 1.53. The van der Waals surface area contributed by atoms with Crippen LogP contribution in [0.5, 0.6) is 0 Å². The Hall–Kier alpha value is -1.30. The summed E-state index contributed by atoms with van der Waals surface area (Å²) >= 11 is 0. The van der Waals surface area contributed by atoms with Crippen LogP contribution in [0.4, 0.5) is 0 Å². The Morgan fingerprint density at radius 1 is 1.18 bits per heavy atom. The van der Waals surface area contributed by atoms with Gasteiger partial charge in [0.2, 0.25) is 0 Å². The molecule has 0 spiro atoms. The maximum absolute atomic E-state index is 3.06. The summed E-state index contributed by atoms with van der Waals surface area (Å²) in [5.41, 5.74) is 1.33. The molecular formula is C11H9. The predicted molar refractivity (Wildman–Crippen MR) is 47.5 cm³/mol. The molecule has 2 aromatic rings. The Morgan fingerprint density at radius 2 is 2.09 bits per heavy atom. The van der Waals surface area contributed by atoms with E-state index in [2.05, 4.69) is 37.3 Å². The van der Waals surface area contributed by atoms with Crippen molar-refractivity contribution in [2.75, 3.05) is 0 Å². The van der Waals surface area contributed by atoms with E-state index in [1.54, 1.807) is 0 Å². The van der Waals surface area contributed by atoms with Gasteiger partial charge in [-0.25, -0.2) is 0 Å². The second kappa shape index (κ2) is 2.39. The number of rotatable bonds is 0. The molecule has 0 saturated heterocycles. The van der Waals surface area contributed by atoms with Gasteiger partial charge in [0.25, 0.3) is 0 Å². The Bertz CT molecular complexity index is 369. The van der Waals surface area contributed by atoms with E-state index in [0.717, 1.165) is 0 Å². The molecule has 0 aliphatic rings. The van der Waals surface area contributed by atoms with Crippen LogP contribution in [0.1, 0.15) is 5.56 Å². The third kappa shape index (κ3) is 1.01. The van der Waals surface area contributed by atoms with Crippen molar-refractivity contribution in [2.24, 2.45) is 0 Å². The van der Waals surface area contributed by atoms with E-state index < -0.39 is 0 Å². The van der Waals surface area contributed by atoms with Crippen LogP contribution in [-0.4, -0.2) is 0 Å². The summed E-state index contributed by atoms with van der Waals surface area (Å²) in [6.45, 7) is 2.13. The lowest BCUT2D eigenvalue weighted by atomic mass is 10.1. The van der Waals surface area contributed by atoms with Crippen LogP contribution >= 0.6 is 0 Å². The molecule has 53 valence electrons. The monoisotopic (exact) mass is 141 g/mol. The van der Waals surface area contributed by atoms with Crippen molar-refractivity contribution in [3.05, 3.63) is 48.0 Å². The van der Waals surface area contributed by atoms with Crippen LogP contribution in [0.2, 0.25) is 0 Å². The van der Waals surface area contributed by atoms with Crippen molar-refractivity contribution in [1.82, 2.24) is 0 Å². The van der Waals surface area contributed by atoms with Crippen LogP contribution in [0.25, 0.3) is 10.8 Å². The van der Waals surface area contributed by atoms with Crippen molar-refractivity contribution >= 4 is 10.8 Å². The van der Waals surface area contributed by atoms with Gasteiger partial charge in [-0.1, -0.05) is 30.3 Å². The van der Waals surface area contributed by atoms with Crippen molar-refractivity contribution < 1.29 is 0 Å². The molecule has 2 rings (SSSR count). The van der Waals surface area contributed by atoms with Gasteiger partial charge in [-0.3, -0.25) is 0 Å². The van der Waals surface area contributed by atoms with Crippen molar-refractivity contribution in [1.29, 1.82) is 0 Å². The number of fused-ring (bicyclic) bond motifs is 1. The van der Waals surface area contributed by atoms with Gasteiger partial charge < -0.3 is 0 Å². The molecule has 0 nitrogen and oxygen atoms in total. The minimum Gasteiger partial charge on any atom is -0.0614 e. The first-order valence-corrected chi connectivity index (χ1v) is 3.73. The van der Waals surface area contributed by atoms with Crippen LogP contribution in [0, 0.1) is 13.0 Å². The summed E-state index contributed by atoms with van der Waals surface area (Å²) in [7, 11) is 0. The Kier molecular flexibility index (Phi) is 1.39. The van der Waals surface area contributed by atoms with Crippen molar-refractivity contribution in [3.63, 3.8) is 0 Å². The molecule has 0 heterocycles. The zero-order valence-corrected chi connectivity index (χ0v) is 6.46. The molecule has 1 radical (unpaired) electrons. The number of aryl methyl sites for hydroxylation is 1. The molecule has 0 heteroatoms. The zero-order chi connectivity index (χ0) is 7.68. The van der Waals surface area contributed by atoms with Gasteiger partial charge in [0.15, 0.2) is 0 Å². The highest BCUT2D eigenvalue weighted by Gasteiger charge is 1.92. The Morgan fingerprint density at radius 3 is 2.91 bits per heavy atom. The molecule has 0 atom stereocenters. The third-order valence-corrected chi connectivity index (χ3v) is 1.94. The predicted octanol–water partition coefficient (Wildman–Crippen LogP) is 2.95. The third-order valence-electron chi connectivity index (χ3n) is 1.94. The van der Waals surface area contributed by atoms with Gasteiger partial charge in [0, 0.05) is 0 Å². The van der Waals surface area contributed by atoms with Crippen LogP contribution < -0.4 is 0 Å². The first-order valence-electron chi connectivity index (χ1n) is 3.73. The van der Waals surface area contributed by atoms with Gasteiger partial charge in [-0.2, -0.15) is 0 Å². The van der Waals surface area contributed by atoms with E-state index in [1.165, 1.54) is 16.3 Å². The SMILES string of the molecule is Cc1cccc2c[c]ccc12. The summed E-state index contributed by atoms with van der Waals surface area (Å²) in [5, 5.41) is 2.60. The standard InChI is InChI=1S/C11H9/c1-9-5-4-7-10-6-2-3-8-11(9)10/h3-8H,1H3. The fraction of sp³-hybridized carbons (Fsp3) is 0.0909. The average Bonchev–Trinajstić information content (AvgIpc) is 2.06. The summed E-state index contributed by atoms with van der Waals surface area (Å²) < 4.78 is 0. The molecule has 0 unspecified atom stereocenters. The molecule has 2 aromatic carbocycles. The van der Waals surface area contributed by atoms with Gasteiger partial charge in [-0.15, -0.1) is 0 Å². The molecule has 0 aliphatic carbocycles. The topological polar surface area (TPSA) is 0 Å². The van der Waals surface area contributed by atoms with Gasteiger partial charge >= 0.3 is 0 Å². The summed E-state index contributed by atoms with van der Waals surface area (Å²) in [5.74, 6) is 0. The van der Waals surface area contributed by atoms with Crippen molar-refractivity contribution in [3.8, 4) is 0 Å². The average molecular weight is 141 g/mol. The fourth-order valence-corrected chi connectivity index (χ4v) is 1.33. The molecular weight excluding hydrogens is 132 g/mol. The smallest absolute Gasteiger partial charge is 0.0154 e. The normalized spacial score (nSPS) is 10.3. The highest BCUT2D eigenvalue weighted by Crippen LogP contribution is 2.16. The fourth-order valence-electron chi connectivity index (χ4n) is 1.33. The maximum atomic E-state index is 3.06. The van der Waals surface area contributed by atoms with Gasteiger partial charge in [0.1, 0.15) is 0 Å². The van der Waals surface area contributed by atoms with Crippen molar-refractivity contribution in [2.45, 2.75) is 6.92 Å². The zero-order valence-electron chi connectivity index (χ0n) is 6.46. The molecule has 0 bridgehead atoms. The quantitative estimate of drug-likeness (QED) is 0.529. The van der Waals surface area contributed by atoms with Gasteiger partial charge in [-0.05, 0) is 35.4 Å². The van der Waals surface area contributed by atoms with E-state index in [0.29, 0.717) is 0 Å². The molecule has 0 aliphatic heterocycles. The minimum absolute atomic E-state index is 1.27. The van der Waals surface area contributed by atoms with Crippen LogP contribution in [0.3, 0.4) is 0 Å². The van der Waals surface area contributed by atoms with Crippen LogP contribution in [0.15, 0.2) is 36.4 Å². The number of hydrogen-bond donors (Lipinski definition) is 0. The first kappa shape index (κ1) is 6.41. The molecule has 11 heavy (non-hydrogen) atoms. The number of benzene rings is 2. The van der Waals surface area contributed by atoms with E-state index in [4.69, 9.17) is 0 Å². The number of hydrogen-bond acceptors (Lipinski definition) is 0. The molecule has 0 amide bonds. The lowest BCUT2D eigenvalue weighted by Crippen LogP contribution is -1.75. The minimum atomic E-state index is 1.27. The molecule has 0 aromatic heterocycles. The van der Waals surface area contributed by atoms with E-state index in [9.17, 15) is 0 Å². The van der Waals surface area contributed by atoms with Gasteiger partial charge in [0.05, 0.1) is 0 Å². The summed E-state index contributed by atoms with van der Waals surface area (Å²) in [4.78, 5) is 0.